The highest BCUT2D eigenvalue weighted by Crippen LogP contribution is 2.29. The number of nitrogens with one attached hydrogen (secondary N) is 1. The van der Waals surface area contributed by atoms with Crippen LogP contribution in [0.3, 0.4) is 0 Å². The molecule has 0 aliphatic heterocycles. The Morgan fingerprint density at radius 1 is 1.17 bits per heavy atom. The fraction of sp³-hybridized carbons (Fsp3) is 0.786. The van der Waals surface area contributed by atoms with E-state index in [-0.39, 0.29) is 11.8 Å². The summed E-state index contributed by atoms with van der Waals surface area (Å²) >= 11 is 0. The molecule has 18 heavy (non-hydrogen) atoms. The molecule has 1 aliphatic rings. The third-order valence-corrected chi connectivity index (χ3v) is 3.59. The van der Waals surface area contributed by atoms with Crippen LogP contribution in [0.15, 0.2) is 4.42 Å². The lowest BCUT2D eigenvalue weighted by atomic mass is 9.97. The lowest BCUT2D eigenvalue weighted by Gasteiger charge is -2.19. The van der Waals surface area contributed by atoms with Crippen LogP contribution in [-0.2, 0) is 0 Å². The summed E-state index contributed by atoms with van der Waals surface area (Å²) in [7, 11) is 0. The number of hydrogen-bond donors (Lipinski definition) is 2. The van der Waals surface area contributed by atoms with Gasteiger partial charge in [0.1, 0.15) is 0 Å². The SMILES string of the molecule is CC(C)c1oc(NC2CCCCCCC2)nc1O. The molecule has 2 N–H and O–H groups in total. The number of hydrogen-bond acceptors (Lipinski definition) is 4. The van der Waals surface area contributed by atoms with Gasteiger partial charge in [0.2, 0.25) is 0 Å². The van der Waals surface area contributed by atoms with Gasteiger partial charge in [0.05, 0.1) is 0 Å². The number of nitrogens with zero attached hydrogens (tertiary/aromatic N) is 1. The molecule has 4 heteroatoms. The van der Waals surface area contributed by atoms with Crippen LogP contribution in [0.25, 0.3) is 0 Å². The van der Waals surface area contributed by atoms with Crippen molar-refractivity contribution in [2.45, 2.75) is 70.8 Å². The van der Waals surface area contributed by atoms with Gasteiger partial charge in [-0.15, -0.1) is 0 Å². The normalized spacial score (nSPS) is 18.6. The molecule has 0 saturated heterocycles. The van der Waals surface area contributed by atoms with Crippen molar-refractivity contribution in [1.82, 2.24) is 4.98 Å². The van der Waals surface area contributed by atoms with Crippen LogP contribution in [0, 0.1) is 0 Å². The van der Waals surface area contributed by atoms with Crippen molar-refractivity contribution in [3.8, 4) is 5.88 Å². The van der Waals surface area contributed by atoms with Gasteiger partial charge in [-0.3, -0.25) is 0 Å². The highest BCUT2D eigenvalue weighted by Gasteiger charge is 2.18. The smallest absolute Gasteiger partial charge is 0.298 e. The van der Waals surface area contributed by atoms with Crippen molar-refractivity contribution in [1.29, 1.82) is 0 Å². The van der Waals surface area contributed by atoms with E-state index in [9.17, 15) is 5.11 Å². The molecule has 102 valence electrons. The number of aromatic nitrogens is 1. The lowest BCUT2D eigenvalue weighted by Crippen LogP contribution is -2.20. The molecular weight excluding hydrogens is 228 g/mol. The maximum absolute atomic E-state index is 9.69. The molecule has 2 rings (SSSR count). The van der Waals surface area contributed by atoms with E-state index in [4.69, 9.17) is 4.42 Å². The van der Waals surface area contributed by atoms with Crippen molar-refractivity contribution in [3.63, 3.8) is 0 Å². The fourth-order valence-corrected chi connectivity index (χ4v) is 2.54. The number of aromatic hydroxyl groups is 1. The number of oxazole rings is 1. The first kappa shape index (κ1) is 13.2. The molecule has 1 aliphatic carbocycles. The van der Waals surface area contributed by atoms with Gasteiger partial charge in [0.25, 0.3) is 11.9 Å². The van der Waals surface area contributed by atoms with Crippen LogP contribution in [0.1, 0.15) is 70.5 Å². The van der Waals surface area contributed by atoms with E-state index >= 15 is 0 Å². The Balaban J connectivity index is 1.97. The largest absolute Gasteiger partial charge is 0.491 e. The van der Waals surface area contributed by atoms with Crippen molar-refractivity contribution in [2.24, 2.45) is 0 Å². The molecule has 4 nitrogen and oxygen atoms in total. The van der Waals surface area contributed by atoms with Crippen LogP contribution in [-0.4, -0.2) is 16.1 Å². The van der Waals surface area contributed by atoms with Crippen molar-refractivity contribution >= 4 is 6.01 Å². The first-order valence-corrected chi connectivity index (χ1v) is 7.13. The fourth-order valence-electron chi connectivity index (χ4n) is 2.54. The van der Waals surface area contributed by atoms with Crippen molar-refractivity contribution < 1.29 is 9.52 Å². The summed E-state index contributed by atoms with van der Waals surface area (Å²) in [5.74, 6) is 0.757. The molecule has 0 radical (unpaired) electrons. The zero-order chi connectivity index (χ0) is 13.0. The minimum absolute atomic E-state index is 0.0262. The maximum Gasteiger partial charge on any atom is 0.298 e. The molecule has 0 aromatic carbocycles. The second-order valence-corrected chi connectivity index (χ2v) is 5.55. The monoisotopic (exact) mass is 252 g/mol. The molecule has 1 fully saturated rings. The minimum atomic E-state index is 0.0262. The predicted molar refractivity (Wildman–Crippen MR) is 72.0 cm³/mol. The molecule has 1 aromatic heterocycles. The Morgan fingerprint density at radius 3 is 2.33 bits per heavy atom. The van der Waals surface area contributed by atoms with Crippen molar-refractivity contribution in [2.75, 3.05) is 5.32 Å². The summed E-state index contributed by atoms with van der Waals surface area (Å²) in [6, 6.07) is 0.908. The summed E-state index contributed by atoms with van der Waals surface area (Å²) < 4.78 is 5.58. The highest BCUT2D eigenvalue weighted by atomic mass is 16.4. The van der Waals surface area contributed by atoms with Gasteiger partial charge < -0.3 is 14.8 Å². The second-order valence-electron chi connectivity index (χ2n) is 5.55. The molecule has 0 amide bonds. The van der Waals surface area contributed by atoms with Gasteiger partial charge in [0.15, 0.2) is 5.76 Å². The molecular formula is C14H24N2O2. The van der Waals surface area contributed by atoms with Crippen LogP contribution in [0.4, 0.5) is 6.01 Å². The Kier molecular flexibility index (Phi) is 4.50. The van der Waals surface area contributed by atoms with E-state index in [0.29, 0.717) is 17.8 Å². The van der Waals surface area contributed by atoms with Crippen LogP contribution in [0.2, 0.25) is 0 Å². The molecule has 0 spiro atoms. The van der Waals surface area contributed by atoms with E-state index < -0.39 is 0 Å². The predicted octanol–water partition coefficient (Wildman–Crippen LogP) is 4.03. The molecule has 1 aromatic rings. The van der Waals surface area contributed by atoms with Crippen LogP contribution in [0.5, 0.6) is 5.88 Å². The van der Waals surface area contributed by atoms with E-state index in [1.165, 1.54) is 44.9 Å². The topological polar surface area (TPSA) is 58.3 Å². The van der Waals surface area contributed by atoms with Gasteiger partial charge in [-0.25, -0.2) is 0 Å². The van der Waals surface area contributed by atoms with E-state index in [0.717, 1.165) is 0 Å². The highest BCUT2D eigenvalue weighted by molar-refractivity contribution is 5.31. The minimum Gasteiger partial charge on any atom is -0.491 e. The molecule has 0 bridgehead atoms. The van der Waals surface area contributed by atoms with Crippen LogP contribution < -0.4 is 5.32 Å². The average Bonchev–Trinajstić information content (AvgIpc) is 2.63. The van der Waals surface area contributed by atoms with Gasteiger partial charge in [0, 0.05) is 12.0 Å². The Hall–Kier alpha value is -1.19. The molecule has 0 atom stereocenters. The van der Waals surface area contributed by atoms with E-state index in [2.05, 4.69) is 10.3 Å². The van der Waals surface area contributed by atoms with Gasteiger partial charge in [-0.05, 0) is 12.8 Å². The quantitative estimate of drug-likeness (QED) is 0.852. The third kappa shape index (κ3) is 3.40. The third-order valence-electron chi connectivity index (χ3n) is 3.59. The van der Waals surface area contributed by atoms with E-state index in [1.54, 1.807) is 0 Å². The summed E-state index contributed by atoms with van der Waals surface area (Å²) in [6.45, 7) is 3.97. The molecule has 0 unspecified atom stereocenters. The van der Waals surface area contributed by atoms with Gasteiger partial charge in [-0.2, -0.15) is 4.98 Å². The van der Waals surface area contributed by atoms with Crippen LogP contribution >= 0.6 is 0 Å². The second kappa shape index (κ2) is 6.12. The maximum atomic E-state index is 9.69. The Labute approximate surface area is 109 Å². The number of rotatable bonds is 3. The zero-order valence-electron chi connectivity index (χ0n) is 11.4. The first-order chi connectivity index (χ1) is 8.66. The lowest BCUT2D eigenvalue weighted by molar-refractivity contribution is 0.414. The summed E-state index contributed by atoms with van der Waals surface area (Å²) in [5.41, 5.74) is 0. The zero-order valence-corrected chi connectivity index (χ0v) is 11.4. The standard InChI is InChI=1S/C14H24N2O2/c1-10(2)12-13(17)16-14(18-12)15-11-8-6-4-3-5-7-9-11/h10-11,17H,3-9H2,1-2H3,(H,15,16). The first-order valence-electron chi connectivity index (χ1n) is 7.13. The summed E-state index contributed by atoms with van der Waals surface area (Å²) in [4.78, 5) is 4.06. The Bertz CT molecular complexity index is 366. The summed E-state index contributed by atoms with van der Waals surface area (Å²) in [6.07, 6.45) is 8.88. The summed E-state index contributed by atoms with van der Waals surface area (Å²) in [5, 5.41) is 13.0. The van der Waals surface area contributed by atoms with Gasteiger partial charge in [-0.1, -0.05) is 46.0 Å². The molecule has 1 heterocycles. The average molecular weight is 252 g/mol. The number of anilines is 1. The Morgan fingerprint density at radius 2 is 1.78 bits per heavy atom. The van der Waals surface area contributed by atoms with Crippen molar-refractivity contribution in [3.05, 3.63) is 5.76 Å². The van der Waals surface area contributed by atoms with Gasteiger partial charge >= 0.3 is 0 Å². The van der Waals surface area contributed by atoms with E-state index in [1.807, 2.05) is 13.8 Å². The molecule has 1 saturated carbocycles.